The molecule has 2 saturated heterocycles. The van der Waals surface area contributed by atoms with E-state index in [4.69, 9.17) is 32.0 Å². The maximum absolute atomic E-state index is 6.81. The summed E-state index contributed by atoms with van der Waals surface area (Å²) in [6, 6.07) is 5.25. The number of nitrogens with one attached hydrogen (secondary N) is 1. The highest BCUT2D eigenvalue weighted by atomic mass is 35.5. The minimum atomic E-state index is 0.302. The Kier molecular flexibility index (Phi) is 4.64. The number of ether oxygens (including phenoxy) is 1. The Bertz CT molecular complexity index is 1270. The van der Waals surface area contributed by atoms with Crippen LogP contribution in [0.1, 0.15) is 30.7 Å². The third-order valence-corrected chi connectivity index (χ3v) is 8.07. The van der Waals surface area contributed by atoms with E-state index in [1.165, 1.54) is 12.8 Å². The number of benzene rings is 1. The first kappa shape index (κ1) is 19.4. The van der Waals surface area contributed by atoms with Crippen LogP contribution in [0, 0.1) is 0 Å². The van der Waals surface area contributed by atoms with E-state index in [1.54, 1.807) is 18.4 Å². The van der Waals surface area contributed by atoms with Crippen molar-refractivity contribution in [2.75, 3.05) is 12.0 Å². The van der Waals surface area contributed by atoms with Gasteiger partial charge in [0.2, 0.25) is 0 Å². The minimum absolute atomic E-state index is 0.302. The van der Waals surface area contributed by atoms with Crippen molar-refractivity contribution in [1.29, 1.82) is 0 Å². The average molecular weight is 455 g/mol. The first-order valence-electron chi connectivity index (χ1n) is 10.6. The minimum Gasteiger partial charge on any atom is -0.378 e. The zero-order valence-corrected chi connectivity index (χ0v) is 18.7. The number of aromatic nitrogens is 4. The molecule has 2 fully saturated rings. The quantitative estimate of drug-likeness (QED) is 0.471. The van der Waals surface area contributed by atoms with Gasteiger partial charge in [-0.1, -0.05) is 17.7 Å². The van der Waals surface area contributed by atoms with Crippen LogP contribution in [0.5, 0.6) is 0 Å². The number of halogens is 1. The summed E-state index contributed by atoms with van der Waals surface area (Å²) in [5.41, 5.74) is 10.6. The molecular formula is C22H23ClN6OS. The van der Waals surface area contributed by atoms with Gasteiger partial charge in [0.05, 0.1) is 28.0 Å². The number of fused-ring (bicyclic) bond motifs is 4. The molecule has 0 aliphatic carbocycles. The van der Waals surface area contributed by atoms with Crippen molar-refractivity contribution >= 4 is 50.1 Å². The molecule has 0 amide bonds. The van der Waals surface area contributed by atoms with Crippen molar-refractivity contribution in [1.82, 2.24) is 19.9 Å². The van der Waals surface area contributed by atoms with Gasteiger partial charge in [0.25, 0.3) is 0 Å². The summed E-state index contributed by atoms with van der Waals surface area (Å²) in [4.78, 5) is 20.1. The van der Waals surface area contributed by atoms with Crippen molar-refractivity contribution in [3.8, 4) is 11.1 Å². The Labute approximate surface area is 188 Å². The second-order valence-corrected chi connectivity index (χ2v) is 9.93. The molecule has 2 unspecified atom stereocenters. The number of methoxy groups -OCH3 is 1. The molecule has 2 bridgehead atoms. The maximum Gasteiger partial charge on any atom is 0.159 e. The molecule has 2 aliphatic rings. The average Bonchev–Trinajstić information content (AvgIpc) is 3.43. The maximum atomic E-state index is 6.81. The largest absolute Gasteiger partial charge is 0.378 e. The normalized spacial score (nSPS) is 23.3. The highest BCUT2D eigenvalue weighted by molar-refractivity contribution is 7.19. The summed E-state index contributed by atoms with van der Waals surface area (Å²) in [5, 5.41) is 1.60. The molecule has 0 spiro atoms. The fourth-order valence-electron chi connectivity index (χ4n) is 5.21. The van der Waals surface area contributed by atoms with Gasteiger partial charge in [0.15, 0.2) is 5.65 Å². The predicted molar refractivity (Wildman–Crippen MR) is 125 cm³/mol. The zero-order valence-electron chi connectivity index (χ0n) is 17.1. The number of rotatable bonds is 4. The molecule has 160 valence electrons. The molecule has 2 aliphatic heterocycles. The van der Waals surface area contributed by atoms with Crippen molar-refractivity contribution in [2.45, 2.75) is 50.4 Å². The molecule has 3 aromatic heterocycles. The number of nitrogens with zero attached hydrogens (tertiary/aromatic N) is 4. The van der Waals surface area contributed by atoms with Crippen LogP contribution in [-0.4, -0.2) is 45.2 Å². The van der Waals surface area contributed by atoms with Crippen LogP contribution in [-0.2, 0) is 11.3 Å². The Morgan fingerprint density at radius 2 is 2.03 bits per heavy atom. The van der Waals surface area contributed by atoms with E-state index < -0.39 is 0 Å². The van der Waals surface area contributed by atoms with E-state index in [-0.39, 0.29) is 0 Å². The highest BCUT2D eigenvalue weighted by Gasteiger charge is 2.40. The van der Waals surface area contributed by atoms with Crippen molar-refractivity contribution < 1.29 is 4.74 Å². The monoisotopic (exact) mass is 454 g/mol. The molecule has 6 rings (SSSR count). The van der Waals surface area contributed by atoms with E-state index in [1.807, 2.05) is 24.5 Å². The van der Waals surface area contributed by atoms with Gasteiger partial charge >= 0.3 is 0 Å². The molecule has 4 aromatic rings. The summed E-state index contributed by atoms with van der Waals surface area (Å²) in [6.07, 6.45) is 8.27. The van der Waals surface area contributed by atoms with Gasteiger partial charge in [0, 0.05) is 42.6 Å². The van der Waals surface area contributed by atoms with Crippen LogP contribution in [0.4, 0.5) is 5.82 Å². The first-order chi connectivity index (χ1) is 15.1. The third-order valence-electron chi connectivity index (χ3n) is 6.50. The Hall–Kier alpha value is -2.26. The van der Waals surface area contributed by atoms with Gasteiger partial charge in [-0.2, -0.15) is 0 Å². The SMILES string of the molecule is COCc1nc2ccc(-c3c[nH]c4nc(N5C6CCC5CC(N)C6)cnc34)c(Cl)c2s1. The summed E-state index contributed by atoms with van der Waals surface area (Å²) in [6.45, 7) is 0.482. The molecule has 0 radical (unpaired) electrons. The first-order valence-corrected chi connectivity index (χ1v) is 11.8. The van der Waals surface area contributed by atoms with Crippen LogP contribution >= 0.6 is 22.9 Å². The van der Waals surface area contributed by atoms with Crippen LogP contribution < -0.4 is 10.6 Å². The summed E-state index contributed by atoms with van der Waals surface area (Å²) < 4.78 is 6.18. The van der Waals surface area contributed by atoms with Crippen LogP contribution in [0.2, 0.25) is 5.02 Å². The zero-order chi connectivity index (χ0) is 21.1. The van der Waals surface area contributed by atoms with Crippen molar-refractivity contribution in [3.05, 3.63) is 34.6 Å². The molecule has 5 heterocycles. The lowest BCUT2D eigenvalue weighted by atomic mass is 9.98. The van der Waals surface area contributed by atoms with Gasteiger partial charge in [-0.25, -0.2) is 15.0 Å². The van der Waals surface area contributed by atoms with Crippen LogP contribution in [0.3, 0.4) is 0 Å². The van der Waals surface area contributed by atoms with Crippen LogP contribution in [0.15, 0.2) is 24.5 Å². The lowest BCUT2D eigenvalue weighted by Gasteiger charge is -2.38. The standard InChI is InChI=1S/C22H23ClN6OS/c1-30-10-18-27-16-5-4-14(19(23)21(16)31-18)15-8-26-22-20(15)25-9-17(28-22)29-12-2-3-13(29)7-11(24)6-12/h4-5,8-9,11-13H,2-3,6-7,10,24H2,1H3,(H,26,28). The van der Waals surface area contributed by atoms with E-state index in [0.29, 0.717) is 29.8 Å². The summed E-state index contributed by atoms with van der Waals surface area (Å²) >= 11 is 8.37. The lowest BCUT2D eigenvalue weighted by Crippen LogP contribution is -2.47. The summed E-state index contributed by atoms with van der Waals surface area (Å²) in [7, 11) is 1.67. The number of aromatic amines is 1. The smallest absolute Gasteiger partial charge is 0.159 e. The highest BCUT2D eigenvalue weighted by Crippen LogP contribution is 2.41. The number of hydrogen-bond donors (Lipinski definition) is 2. The molecule has 7 nitrogen and oxygen atoms in total. The fourth-order valence-corrected chi connectivity index (χ4v) is 6.56. The van der Waals surface area contributed by atoms with E-state index in [9.17, 15) is 0 Å². The Morgan fingerprint density at radius 3 is 2.81 bits per heavy atom. The van der Waals surface area contributed by atoms with E-state index >= 15 is 0 Å². The van der Waals surface area contributed by atoms with Gasteiger partial charge < -0.3 is 20.4 Å². The van der Waals surface area contributed by atoms with E-state index in [0.717, 1.165) is 56.2 Å². The van der Waals surface area contributed by atoms with Gasteiger partial charge in [0.1, 0.15) is 16.3 Å². The number of anilines is 1. The van der Waals surface area contributed by atoms with Crippen LogP contribution in [0.25, 0.3) is 32.5 Å². The molecule has 31 heavy (non-hydrogen) atoms. The van der Waals surface area contributed by atoms with E-state index in [2.05, 4.69) is 14.9 Å². The molecular weight excluding hydrogens is 432 g/mol. The number of piperidine rings is 1. The third kappa shape index (κ3) is 3.12. The number of thiazole rings is 1. The second kappa shape index (κ2) is 7.41. The lowest BCUT2D eigenvalue weighted by molar-refractivity contribution is 0.185. The number of nitrogens with two attached hydrogens (primary N) is 1. The van der Waals surface area contributed by atoms with Gasteiger partial charge in [-0.3, -0.25) is 0 Å². The van der Waals surface area contributed by atoms with Crippen molar-refractivity contribution in [2.24, 2.45) is 5.73 Å². The van der Waals surface area contributed by atoms with Crippen molar-refractivity contribution in [3.63, 3.8) is 0 Å². The fraction of sp³-hybridized carbons (Fsp3) is 0.409. The topological polar surface area (TPSA) is 93.0 Å². The van der Waals surface area contributed by atoms with Gasteiger partial charge in [-0.05, 0) is 31.7 Å². The number of H-pyrrole nitrogens is 1. The summed E-state index contributed by atoms with van der Waals surface area (Å²) in [5.74, 6) is 0.938. The molecule has 1 aromatic carbocycles. The Balaban J connectivity index is 1.39. The predicted octanol–water partition coefficient (Wildman–Crippen LogP) is 4.49. The molecule has 9 heteroatoms. The Morgan fingerprint density at radius 1 is 1.23 bits per heavy atom. The molecule has 0 saturated carbocycles. The number of hydrogen-bond acceptors (Lipinski definition) is 7. The molecule has 3 N–H and O–H groups in total. The molecule has 2 atom stereocenters. The van der Waals surface area contributed by atoms with Gasteiger partial charge in [-0.15, -0.1) is 11.3 Å². The second-order valence-electron chi connectivity index (χ2n) is 8.47.